The molecule has 4 rings (SSSR count). The number of hydrogen-bond donors (Lipinski definition) is 1. The molecule has 30 heavy (non-hydrogen) atoms. The fourth-order valence-corrected chi connectivity index (χ4v) is 8.94. The summed E-state index contributed by atoms with van der Waals surface area (Å²) in [6.45, 7) is 12.2. The molecule has 0 heterocycles. The maximum Gasteiger partial charge on any atom is 0.126 e. The maximum absolute atomic E-state index is 11.4. The first-order chi connectivity index (χ1) is 14.2. The van der Waals surface area contributed by atoms with Crippen LogP contribution in [0.5, 0.6) is 0 Å². The van der Waals surface area contributed by atoms with Gasteiger partial charge < -0.3 is 9.90 Å². The average molecular weight is 415 g/mol. The molecule has 4 aliphatic carbocycles. The van der Waals surface area contributed by atoms with Crippen LogP contribution in [0.4, 0.5) is 0 Å². The van der Waals surface area contributed by atoms with E-state index in [-0.39, 0.29) is 17.4 Å². The average Bonchev–Trinajstić information content (AvgIpc) is 3.05. The molecule has 0 spiro atoms. The van der Waals surface area contributed by atoms with Gasteiger partial charge in [0.25, 0.3) is 0 Å². The van der Waals surface area contributed by atoms with Crippen LogP contribution in [0.15, 0.2) is 12.2 Å². The van der Waals surface area contributed by atoms with Gasteiger partial charge in [-0.15, -0.1) is 0 Å². The summed E-state index contributed by atoms with van der Waals surface area (Å²) in [6, 6.07) is 0. The van der Waals surface area contributed by atoms with Crippen molar-refractivity contribution >= 4 is 6.29 Å². The molecule has 0 aliphatic heterocycles. The number of rotatable bonds is 6. The summed E-state index contributed by atoms with van der Waals surface area (Å²) in [5.41, 5.74) is 0.581. The van der Waals surface area contributed by atoms with Crippen molar-refractivity contribution in [3.63, 3.8) is 0 Å². The number of aliphatic hydroxyl groups is 1. The van der Waals surface area contributed by atoms with E-state index in [0.717, 1.165) is 36.9 Å². The van der Waals surface area contributed by atoms with E-state index in [2.05, 4.69) is 46.8 Å². The van der Waals surface area contributed by atoms with Gasteiger partial charge in [0, 0.05) is 5.92 Å². The molecule has 0 radical (unpaired) electrons. The molecule has 0 bridgehead atoms. The third-order valence-electron chi connectivity index (χ3n) is 10.6. The van der Waals surface area contributed by atoms with Gasteiger partial charge in [-0.1, -0.05) is 66.0 Å². The van der Waals surface area contributed by atoms with Crippen molar-refractivity contribution in [2.45, 2.75) is 98.5 Å². The van der Waals surface area contributed by atoms with E-state index in [0.29, 0.717) is 29.1 Å². The second-order valence-corrected chi connectivity index (χ2v) is 12.6. The highest BCUT2D eigenvalue weighted by Crippen LogP contribution is 2.67. The summed E-state index contributed by atoms with van der Waals surface area (Å²) in [5, 5.41) is 11.4. The zero-order valence-corrected chi connectivity index (χ0v) is 20.1. The number of aldehydes is 1. The molecule has 0 aromatic heterocycles. The highest BCUT2D eigenvalue weighted by Gasteiger charge is 2.62. The van der Waals surface area contributed by atoms with Crippen molar-refractivity contribution in [1.82, 2.24) is 0 Å². The van der Waals surface area contributed by atoms with E-state index in [1.54, 1.807) is 0 Å². The van der Waals surface area contributed by atoms with Crippen molar-refractivity contribution in [2.24, 2.45) is 58.2 Å². The molecule has 2 nitrogen and oxygen atoms in total. The number of hydrogen-bond acceptors (Lipinski definition) is 2. The van der Waals surface area contributed by atoms with Crippen LogP contribution in [0.25, 0.3) is 0 Å². The van der Waals surface area contributed by atoms with Crippen LogP contribution in [-0.4, -0.2) is 17.5 Å². The van der Waals surface area contributed by atoms with Crippen molar-refractivity contribution in [3.05, 3.63) is 12.2 Å². The van der Waals surface area contributed by atoms with Gasteiger partial charge in [0.1, 0.15) is 6.29 Å². The lowest BCUT2D eigenvalue weighted by Crippen LogP contribution is -2.57. The van der Waals surface area contributed by atoms with Crippen LogP contribution in [0.3, 0.4) is 0 Å². The zero-order valence-electron chi connectivity index (χ0n) is 20.1. The van der Waals surface area contributed by atoms with Gasteiger partial charge in [0.2, 0.25) is 0 Å². The van der Waals surface area contributed by atoms with Crippen LogP contribution in [0.2, 0.25) is 0 Å². The van der Waals surface area contributed by atoms with Crippen LogP contribution < -0.4 is 0 Å². The number of allylic oxidation sites excluding steroid dienone is 2. The van der Waals surface area contributed by atoms with Gasteiger partial charge >= 0.3 is 0 Å². The first kappa shape index (κ1) is 22.6. The summed E-state index contributed by atoms with van der Waals surface area (Å²) in [4.78, 5) is 11.4. The third kappa shape index (κ3) is 3.63. The van der Waals surface area contributed by atoms with E-state index in [4.69, 9.17) is 0 Å². The molecule has 4 aliphatic rings. The Balaban J connectivity index is 1.53. The number of carbonyl (C=O) groups is 1. The Morgan fingerprint density at radius 3 is 2.53 bits per heavy atom. The van der Waals surface area contributed by atoms with E-state index < -0.39 is 0 Å². The quantitative estimate of drug-likeness (QED) is 0.389. The van der Waals surface area contributed by atoms with Crippen LogP contribution in [-0.2, 0) is 4.79 Å². The largest absolute Gasteiger partial charge is 0.393 e. The lowest BCUT2D eigenvalue weighted by Gasteiger charge is -2.61. The predicted molar refractivity (Wildman–Crippen MR) is 124 cm³/mol. The molecule has 10 atom stereocenters. The SMILES string of the molecule is CC(C)CCC[C@@H](C)[C@H]1CC[C@H]2[C@@H]3[C@H](O)CC4CC(C=O)C=C[C@]4(C)[C@H]3CC[C@]12C. The maximum atomic E-state index is 11.4. The van der Waals surface area contributed by atoms with Crippen LogP contribution in [0.1, 0.15) is 92.4 Å². The topological polar surface area (TPSA) is 37.3 Å². The molecular weight excluding hydrogens is 368 g/mol. The molecule has 2 unspecified atom stereocenters. The normalized spacial score (nSPS) is 48.7. The molecule has 2 heteroatoms. The number of aliphatic hydroxyl groups excluding tert-OH is 1. The molecule has 0 aromatic carbocycles. The fourth-order valence-electron chi connectivity index (χ4n) is 8.94. The lowest BCUT2D eigenvalue weighted by atomic mass is 9.44. The molecule has 0 aromatic rings. The van der Waals surface area contributed by atoms with Gasteiger partial charge in [0.05, 0.1) is 6.10 Å². The Morgan fingerprint density at radius 2 is 1.83 bits per heavy atom. The summed E-state index contributed by atoms with van der Waals surface area (Å²) in [6.07, 6.45) is 16.7. The van der Waals surface area contributed by atoms with Crippen molar-refractivity contribution in [3.8, 4) is 0 Å². The molecule has 3 fully saturated rings. The predicted octanol–water partition coefficient (Wildman–Crippen LogP) is 6.67. The molecule has 0 amide bonds. The monoisotopic (exact) mass is 414 g/mol. The van der Waals surface area contributed by atoms with E-state index in [1.807, 2.05) is 0 Å². The molecule has 3 saturated carbocycles. The molecule has 170 valence electrons. The summed E-state index contributed by atoms with van der Waals surface area (Å²) in [7, 11) is 0. The first-order valence-electron chi connectivity index (χ1n) is 13.0. The minimum Gasteiger partial charge on any atom is -0.393 e. The van der Waals surface area contributed by atoms with Crippen LogP contribution in [0, 0.1) is 58.2 Å². The summed E-state index contributed by atoms with van der Waals surface area (Å²) < 4.78 is 0. The Labute approximate surface area is 185 Å². The minimum absolute atomic E-state index is 0.0585. The summed E-state index contributed by atoms with van der Waals surface area (Å²) in [5.74, 6) is 4.69. The Hall–Kier alpha value is -0.630. The van der Waals surface area contributed by atoms with E-state index >= 15 is 0 Å². The van der Waals surface area contributed by atoms with Gasteiger partial charge in [0.15, 0.2) is 0 Å². The lowest BCUT2D eigenvalue weighted by molar-refractivity contribution is -0.145. The smallest absolute Gasteiger partial charge is 0.126 e. The van der Waals surface area contributed by atoms with E-state index in [9.17, 15) is 9.90 Å². The fraction of sp³-hybridized carbons (Fsp3) is 0.893. The second kappa shape index (κ2) is 8.38. The molecule has 1 N–H and O–H groups in total. The Morgan fingerprint density at radius 1 is 1.07 bits per heavy atom. The second-order valence-electron chi connectivity index (χ2n) is 12.6. The highest BCUT2D eigenvalue weighted by atomic mass is 16.3. The van der Waals surface area contributed by atoms with Gasteiger partial charge in [-0.05, 0) is 90.8 Å². The minimum atomic E-state index is -0.175. The van der Waals surface area contributed by atoms with E-state index in [1.165, 1.54) is 44.9 Å². The van der Waals surface area contributed by atoms with Gasteiger partial charge in [-0.3, -0.25) is 0 Å². The van der Waals surface area contributed by atoms with Gasteiger partial charge in [-0.2, -0.15) is 0 Å². The molecular formula is C28H46O2. The summed E-state index contributed by atoms with van der Waals surface area (Å²) >= 11 is 0. The number of fused-ring (bicyclic) bond motifs is 5. The standard InChI is InChI=1S/C28H46O2/c1-18(2)7-6-8-19(3)22-9-10-23-26-24(12-14-28(22,23)5)27(4)13-11-20(17-29)15-21(27)16-25(26)30/h11,13,17-26,30H,6-10,12,14-16H2,1-5H3/t19-,20?,21?,22-,23+,24+,25-,26+,27+,28-/m1/s1. The Kier molecular flexibility index (Phi) is 6.30. The zero-order chi connectivity index (χ0) is 21.7. The third-order valence-corrected chi connectivity index (χ3v) is 10.6. The van der Waals surface area contributed by atoms with Crippen molar-refractivity contribution in [2.75, 3.05) is 0 Å². The Bertz CT molecular complexity index is 653. The molecule has 0 saturated heterocycles. The van der Waals surface area contributed by atoms with Crippen molar-refractivity contribution < 1.29 is 9.90 Å². The highest BCUT2D eigenvalue weighted by molar-refractivity contribution is 5.57. The number of carbonyl (C=O) groups excluding carboxylic acids is 1. The first-order valence-corrected chi connectivity index (χ1v) is 13.0. The van der Waals surface area contributed by atoms with Gasteiger partial charge in [-0.25, -0.2) is 0 Å². The van der Waals surface area contributed by atoms with Crippen molar-refractivity contribution in [1.29, 1.82) is 0 Å². The van der Waals surface area contributed by atoms with Crippen LogP contribution >= 0.6 is 0 Å².